The van der Waals surface area contributed by atoms with Gasteiger partial charge in [0.1, 0.15) is 17.7 Å². The summed E-state index contributed by atoms with van der Waals surface area (Å²) in [5.74, 6) is -3.10. The molecule has 5 aromatic rings. The second kappa shape index (κ2) is 16.2. The zero-order valence-corrected chi connectivity index (χ0v) is 34.9. The molecule has 9 rings (SSSR count). The van der Waals surface area contributed by atoms with Crippen LogP contribution in [0.15, 0.2) is 53.6 Å². The Morgan fingerprint density at radius 3 is 2.52 bits per heavy atom. The monoisotopic (exact) mass is 861 g/mol. The Balaban J connectivity index is 0.818. The molecule has 2 saturated heterocycles. The molecule has 4 fully saturated rings. The van der Waals surface area contributed by atoms with Gasteiger partial charge in [0.2, 0.25) is 11.7 Å². The Labute approximate surface area is 353 Å². The highest BCUT2D eigenvalue weighted by Gasteiger charge is 2.48. The number of ether oxygens (including phenoxy) is 1. The molecular weight excluding hydrogens is 815 g/mol. The number of aromatic nitrogens is 4. The van der Waals surface area contributed by atoms with Gasteiger partial charge in [0.25, 0.3) is 5.56 Å². The predicted molar refractivity (Wildman–Crippen MR) is 225 cm³/mol. The molecule has 0 radical (unpaired) electrons. The van der Waals surface area contributed by atoms with E-state index in [-0.39, 0.29) is 76.9 Å². The smallest absolute Gasteiger partial charge is 0.329 e. The molecule has 13 nitrogen and oxygen atoms in total. The van der Waals surface area contributed by atoms with E-state index in [9.17, 15) is 18.8 Å². The Bertz CT molecular complexity index is 2590. The van der Waals surface area contributed by atoms with Gasteiger partial charge in [0.05, 0.1) is 28.4 Å². The van der Waals surface area contributed by atoms with Gasteiger partial charge < -0.3 is 9.46 Å². The lowest BCUT2D eigenvalue weighted by molar-refractivity contribution is -0.120. The average molecular weight is 862 g/mol. The van der Waals surface area contributed by atoms with Crippen LogP contribution in [-0.4, -0.2) is 85.9 Å². The SMILES string of the molecule is CCN(C)SNc1ccc(F)c(Oc2ccc3ncn(C4CC5(CCN(C6CCC(c7cc8c(cc7F)c(N7CCC(=O)NC7=O)nn8C)CC6F)CC5)C4)c(=O)c3c2)c1F. The summed E-state index contributed by atoms with van der Waals surface area (Å²) in [7, 11) is 3.54. The van der Waals surface area contributed by atoms with Crippen molar-refractivity contribution >= 4 is 57.4 Å². The number of rotatable bonds is 10. The fraction of sp³-hybridized carbons (Fsp3) is 0.465. The zero-order chi connectivity index (χ0) is 42.7. The van der Waals surface area contributed by atoms with Crippen LogP contribution in [-0.2, 0) is 11.8 Å². The molecule has 18 heteroatoms. The van der Waals surface area contributed by atoms with Crippen LogP contribution >= 0.6 is 12.1 Å². The van der Waals surface area contributed by atoms with E-state index in [1.807, 2.05) is 18.3 Å². The fourth-order valence-electron chi connectivity index (χ4n) is 9.67. The van der Waals surface area contributed by atoms with Gasteiger partial charge in [-0.3, -0.25) is 34.0 Å². The fourth-order valence-corrected chi connectivity index (χ4v) is 10.2. The van der Waals surface area contributed by atoms with Gasteiger partial charge in [-0.1, -0.05) is 6.92 Å². The summed E-state index contributed by atoms with van der Waals surface area (Å²) in [4.78, 5) is 46.1. The number of carbonyl (C=O) groups is 2. The van der Waals surface area contributed by atoms with E-state index in [0.29, 0.717) is 41.4 Å². The molecular formula is C43H47F4N9O4S. The molecule has 2 N–H and O–H groups in total. The molecule has 2 aromatic heterocycles. The molecule has 3 unspecified atom stereocenters. The van der Waals surface area contributed by atoms with E-state index in [1.54, 1.807) is 34.8 Å². The van der Waals surface area contributed by atoms with E-state index in [0.717, 1.165) is 44.8 Å². The maximum absolute atomic E-state index is 16.1. The van der Waals surface area contributed by atoms with Crippen molar-refractivity contribution in [3.8, 4) is 11.5 Å². The van der Waals surface area contributed by atoms with Crippen molar-refractivity contribution in [3.05, 3.63) is 82.2 Å². The maximum atomic E-state index is 16.1. The molecule has 2 aliphatic carbocycles. The second-order valence-electron chi connectivity index (χ2n) is 16.9. The molecule has 2 aliphatic heterocycles. The minimum absolute atomic E-state index is 0.0345. The van der Waals surface area contributed by atoms with Crippen molar-refractivity contribution in [1.82, 2.24) is 33.9 Å². The Morgan fingerprint density at radius 2 is 1.79 bits per heavy atom. The molecule has 4 heterocycles. The summed E-state index contributed by atoms with van der Waals surface area (Å²) in [6, 6.07) is 9.19. The van der Waals surface area contributed by atoms with Gasteiger partial charge in [-0.25, -0.2) is 31.6 Å². The number of benzene rings is 3. The van der Waals surface area contributed by atoms with E-state index < -0.39 is 35.4 Å². The number of amides is 3. The van der Waals surface area contributed by atoms with Crippen LogP contribution in [0, 0.1) is 22.9 Å². The summed E-state index contributed by atoms with van der Waals surface area (Å²) in [6.07, 6.45) is 5.30. The van der Waals surface area contributed by atoms with Crippen molar-refractivity contribution in [2.24, 2.45) is 12.5 Å². The predicted octanol–water partition coefficient (Wildman–Crippen LogP) is 7.96. The van der Waals surface area contributed by atoms with Gasteiger partial charge in [-0.15, -0.1) is 0 Å². The molecule has 1 spiro atoms. The first-order valence-electron chi connectivity index (χ1n) is 20.8. The molecule has 61 heavy (non-hydrogen) atoms. The molecule has 322 valence electrons. The first-order valence-corrected chi connectivity index (χ1v) is 21.5. The number of carbonyl (C=O) groups excluding carboxylic acids is 2. The number of hydrogen-bond acceptors (Lipinski definition) is 10. The molecule has 0 bridgehead atoms. The van der Waals surface area contributed by atoms with Crippen molar-refractivity contribution in [2.45, 2.75) is 82.5 Å². The number of nitrogens with one attached hydrogen (secondary N) is 2. The van der Waals surface area contributed by atoms with Crippen LogP contribution in [0.5, 0.6) is 11.5 Å². The number of halogens is 4. The van der Waals surface area contributed by atoms with E-state index in [1.165, 1.54) is 41.3 Å². The van der Waals surface area contributed by atoms with Gasteiger partial charge >= 0.3 is 6.03 Å². The lowest BCUT2D eigenvalue weighted by Gasteiger charge is -2.54. The van der Waals surface area contributed by atoms with Crippen LogP contribution in [0.1, 0.15) is 75.8 Å². The third-order valence-electron chi connectivity index (χ3n) is 13.3. The van der Waals surface area contributed by atoms with Crippen molar-refractivity contribution in [1.29, 1.82) is 0 Å². The summed E-state index contributed by atoms with van der Waals surface area (Å²) in [5, 5.41) is 7.49. The molecule has 3 atom stereocenters. The Hall–Kier alpha value is -5.20. The molecule has 3 amide bonds. The second-order valence-corrected chi connectivity index (χ2v) is 17.9. The third-order valence-corrected chi connectivity index (χ3v) is 14.2. The van der Waals surface area contributed by atoms with E-state index in [2.05, 4.69) is 25.0 Å². The third kappa shape index (κ3) is 7.71. The molecule has 2 saturated carbocycles. The van der Waals surface area contributed by atoms with Gasteiger partial charge in [-0.05, 0) is 124 Å². The number of likely N-dealkylation sites (tertiary alicyclic amines) is 1. The van der Waals surface area contributed by atoms with Crippen LogP contribution in [0.25, 0.3) is 21.8 Å². The summed E-state index contributed by atoms with van der Waals surface area (Å²) >= 11 is 1.17. The first kappa shape index (κ1) is 41.2. The number of hydrogen-bond donors (Lipinski definition) is 2. The Morgan fingerprint density at radius 1 is 1.00 bits per heavy atom. The van der Waals surface area contributed by atoms with Gasteiger partial charge in [0.15, 0.2) is 17.5 Å². The standard InChI is InChI=1S/C43H47F4N9O4S/c1-4-52(2)61-51-34-9-7-30(44)39(38(34)47)60-26-6-8-33-28(18-26)41(58)56(23-48-33)25-21-43(22-25)12-15-54(16-13-43)35-10-5-24(17-32(35)46)27-20-36-29(19-31(27)45)40(50-53(36)3)55-14-11-37(57)49-42(55)59/h6-9,18-20,23-25,32,35,51H,4-5,10-17,21-22H2,1-3H3,(H,49,57,59). The van der Waals surface area contributed by atoms with Gasteiger partial charge in [0, 0.05) is 56.2 Å². The van der Waals surface area contributed by atoms with E-state index >= 15 is 13.2 Å². The topological polar surface area (TPSA) is 130 Å². The van der Waals surface area contributed by atoms with Crippen LogP contribution in [0.2, 0.25) is 0 Å². The van der Waals surface area contributed by atoms with Crippen molar-refractivity contribution < 1.29 is 31.9 Å². The minimum atomic E-state index is -1.13. The number of alkyl halides is 1. The maximum Gasteiger partial charge on any atom is 0.329 e. The van der Waals surface area contributed by atoms with Crippen molar-refractivity contribution in [2.75, 3.05) is 42.8 Å². The Kier molecular flexibility index (Phi) is 11.0. The average Bonchev–Trinajstić information content (AvgIpc) is 3.55. The quantitative estimate of drug-likeness (QED) is 0.105. The summed E-state index contributed by atoms with van der Waals surface area (Å²) in [6.45, 7) is 4.26. The number of imide groups is 1. The number of nitrogens with zero attached hydrogens (tertiary/aromatic N) is 7. The minimum Gasteiger partial charge on any atom is -0.451 e. The lowest BCUT2D eigenvalue weighted by atomic mass is 9.60. The largest absolute Gasteiger partial charge is 0.451 e. The number of urea groups is 1. The van der Waals surface area contributed by atoms with Crippen LogP contribution in [0.4, 0.5) is 33.9 Å². The van der Waals surface area contributed by atoms with Gasteiger partial charge in [-0.2, -0.15) is 5.10 Å². The van der Waals surface area contributed by atoms with Crippen molar-refractivity contribution in [3.63, 3.8) is 0 Å². The summed E-state index contributed by atoms with van der Waals surface area (Å²) in [5.41, 5.74) is 1.35. The highest BCUT2D eigenvalue weighted by atomic mass is 32.2. The van der Waals surface area contributed by atoms with E-state index in [4.69, 9.17) is 4.74 Å². The van der Waals surface area contributed by atoms with Crippen LogP contribution in [0.3, 0.4) is 0 Å². The molecule has 4 aliphatic rings. The number of aryl methyl sites for hydroxylation is 1. The number of anilines is 2. The lowest BCUT2D eigenvalue weighted by Crippen LogP contribution is -2.54. The normalized spacial score (nSPS) is 22.3. The highest BCUT2D eigenvalue weighted by molar-refractivity contribution is 7.98. The highest BCUT2D eigenvalue weighted by Crippen LogP contribution is 2.55. The number of piperidine rings is 1. The first-order chi connectivity index (χ1) is 29.3. The number of fused-ring (bicyclic) bond motifs is 2. The van der Waals surface area contributed by atoms with Crippen LogP contribution < -0.4 is 25.2 Å². The molecule has 3 aromatic carbocycles. The summed E-state index contributed by atoms with van der Waals surface area (Å²) < 4.78 is 75.6. The zero-order valence-electron chi connectivity index (χ0n) is 34.1.